The first-order chi connectivity index (χ1) is 7.29. The number of nitrogens with one attached hydrogen (secondary N) is 1. The van der Waals surface area contributed by atoms with Crippen LogP contribution in [0.15, 0.2) is 30.3 Å². The van der Waals surface area contributed by atoms with Crippen molar-refractivity contribution in [3.63, 3.8) is 0 Å². The van der Waals surface area contributed by atoms with E-state index < -0.39 is 24.8 Å². The topological polar surface area (TPSA) is 12.0 Å². The Hall–Kier alpha value is -1.26. The van der Waals surface area contributed by atoms with Gasteiger partial charge in [-0.2, -0.15) is 0 Å². The molecule has 0 spiro atoms. The number of benzene rings is 1. The Bertz CT molecular complexity index is 319. The number of hydrogen-bond donors (Lipinski definition) is 1. The van der Waals surface area contributed by atoms with Gasteiger partial charge in [0.1, 0.15) is 0 Å². The summed E-state index contributed by atoms with van der Waals surface area (Å²) in [5, 5.41) is 2.42. The van der Waals surface area contributed by atoms with Gasteiger partial charge in [0, 0.05) is 5.69 Å². The lowest BCUT2D eigenvalue weighted by Crippen LogP contribution is -2.33. The Balaban J connectivity index is 2.48. The fraction of sp³-hybridized carbons (Fsp3) is 0.455. The monoisotopic (exact) mass is 235 g/mol. The van der Waals surface area contributed by atoms with Gasteiger partial charge in [-0.25, -0.2) is 17.6 Å². The molecule has 0 aromatic heterocycles. The smallest absolute Gasteiger partial charge is 0.270 e. The summed E-state index contributed by atoms with van der Waals surface area (Å²) in [6.07, 6.45) is -1.44. The predicted octanol–water partition coefficient (Wildman–Crippen LogP) is 3.78. The summed E-state index contributed by atoms with van der Waals surface area (Å²) in [6.45, 7) is -0.302. The lowest BCUT2D eigenvalue weighted by Gasteiger charge is -2.21. The Morgan fingerprint density at radius 3 is 2.12 bits per heavy atom. The van der Waals surface area contributed by atoms with Crippen molar-refractivity contribution in [1.82, 2.24) is 0 Å². The van der Waals surface area contributed by atoms with E-state index in [1.807, 2.05) is 0 Å². The summed E-state index contributed by atoms with van der Waals surface area (Å²) in [6, 6.07) is 8.29. The van der Waals surface area contributed by atoms with Gasteiger partial charge in [-0.1, -0.05) is 18.2 Å². The molecule has 0 aliphatic heterocycles. The molecule has 0 bridgehead atoms. The van der Waals surface area contributed by atoms with Crippen LogP contribution in [0.4, 0.5) is 23.2 Å². The van der Waals surface area contributed by atoms with Crippen molar-refractivity contribution >= 4 is 5.69 Å². The maximum absolute atomic E-state index is 13.1. The number of rotatable bonds is 5. The van der Waals surface area contributed by atoms with E-state index in [1.54, 1.807) is 30.3 Å². The minimum atomic E-state index is -3.42. The zero-order chi connectivity index (χ0) is 12.2. The largest absolute Gasteiger partial charge is 0.379 e. The summed E-state index contributed by atoms with van der Waals surface area (Å²) in [4.78, 5) is 0. The first-order valence-corrected chi connectivity index (χ1v) is 4.83. The molecule has 90 valence electrons. The molecule has 1 aromatic carbocycles. The maximum atomic E-state index is 13.1. The summed E-state index contributed by atoms with van der Waals surface area (Å²) in [5.41, 5.74) is 0.488. The molecule has 1 aromatic rings. The van der Waals surface area contributed by atoms with Crippen molar-refractivity contribution in [3.05, 3.63) is 30.3 Å². The van der Waals surface area contributed by atoms with Crippen LogP contribution < -0.4 is 5.32 Å². The SMILES string of the molecule is CC(F)(F)CC(F)(F)CNc1ccccc1. The van der Waals surface area contributed by atoms with Crippen LogP contribution in [0.25, 0.3) is 0 Å². The average molecular weight is 235 g/mol. The van der Waals surface area contributed by atoms with E-state index in [-0.39, 0.29) is 0 Å². The van der Waals surface area contributed by atoms with Crippen molar-refractivity contribution < 1.29 is 17.6 Å². The molecule has 0 saturated heterocycles. The molecule has 0 aliphatic carbocycles. The summed E-state index contributed by atoms with van der Waals surface area (Å²) < 4.78 is 51.0. The number of para-hydroxylation sites is 1. The Morgan fingerprint density at radius 1 is 1.06 bits per heavy atom. The van der Waals surface area contributed by atoms with Gasteiger partial charge in [-0.15, -0.1) is 0 Å². The molecular weight excluding hydrogens is 222 g/mol. The highest BCUT2D eigenvalue weighted by atomic mass is 19.3. The van der Waals surface area contributed by atoms with E-state index in [9.17, 15) is 17.6 Å². The molecule has 16 heavy (non-hydrogen) atoms. The third kappa shape index (κ3) is 5.00. The number of alkyl halides is 4. The normalized spacial score (nSPS) is 12.6. The van der Waals surface area contributed by atoms with Gasteiger partial charge >= 0.3 is 0 Å². The van der Waals surface area contributed by atoms with Crippen LogP contribution in [0.3, 0.4) is 0 Å². The van der Waals surface area contributed by atoms with E-state index in [0.717, 1.165) is 0 Å². The van der Waals surface area contributed by atoms with Gasteiger partial charge in [-0.3, -0.25) is 0 Å². The molecule has 5 heteroatoms. The second kappa shape index (κ2) is 4.72. The lowest BCUT2D eigenvalue weighted by atomic mass is 10.1. The van der Waals surface area contributed by atoms with Gasteiger partial charge in [0.25, 0.3) is 11.8 Å². The number of anilines is 1. The van der Waals surface area contributed by atoms with Crippen molar-refractivity contribution in [2.24, 2.45) is 0 Å². The van der Waals surface area contributed by atoms with Gasteiger partial charge in [-0.05, 0) is 19.1 Å². The first-order valence-electron chi connectivity index (χ1n) is 4.83. The van der Waals surface area contributed by atoms with Crippen molar-refractivity contribution in [3.8, 4) is 0 Å². The lowest BCUT2D eigenvalue weighted by molar-refractivity contribution is -0.0924. The minimum absolute atomic E-state index is 0.488. The molecule has 0 aliphatic rings. The summed E-state index contributed by atoms with van der Waals surface area (Å²) in [5.74, 6) is -6.78. The van der Waals surface area contributed by atoms with E-state index in [0.29, 0.717) is 12.6 Å². The first kappa shape index (κ1) is 12.8. The molecular formula is C11H13F4N. The standard InChI is InChI=1S/C11H13F4N/c1-10(12,13)7-11(14,15)8-16-9-5-3-2-4-6-9/h2-6,16H,7-8H2,1H3. The van der Waals surface area contributed by atoms with Gasteiger partial charge in [0.15, 0.2) is 0 Å². The second-order valence-electron chi connectivity index (χ2n) is 3.82. The molecule has 0 unspecified atom stereocenters. The maximum Gasteiger partial charge on any atom is 0.270 e. The minimum Gasteiger partial charge on any atom is -0.379 e. The third-order valence-electron chi connectivity index (χ3n) is 1.89. The van der Waals surface area contributed by atoms with Crippen LogP contribution in [0.2, 0.25) is 0 Å². The van der Waals surface area contributed by atoms with Crippen LogP contribution >= 0.6 is 0 Å². The van der Waals surface area contributed by atoms with E-state index in [4.69, 9.17) is 0 Å². The van der Waals surface area contributed by atoms with Crippen LogP contribution in [-0.2, 0) is 0 Å². The zero-order valence-electron chi connectivity index (χ0n) is 8.81. The van der Waals surface area contributed by atoms with Crippen molar-refractivity contribution in [2.45, 2.75) is 25.2 Å². The van der Waals surface area contributed by atoms with Gasteiger partial charge < -0.3 is 5.32 Å². The number of halogens is 4. The molecule has 0 atom stereocenters. The Morgan fingerprint density at radius 2 is 1.62 bits per heavy atom. The Kier molecular flexibility index (Phi) is 3.78. The highest BCUT2D eigenvalue weighted by Crippen LogP contribution is 2.30. The highest BCUT2D eigenvalue weighted by molar-refractivity contribution is 5.42. The van der Waals surface area contributed by atoms with Gasteiger partial charge in [0.2, 0.25) is 0 Å². The average Bonchev–Trinajstić information content (AvgIpc) is 2.13. The quantitative estimate of drug-likeness (QED) is 0.766. The van der Waals surface area contributed by atoms with Gasteiger partial charge in [0.05, 0.1) is 13.0 Å². The van der Waals surface area contributed by atoms with Crippen LogP contribution in [-0.4, -0.2) is 18.4 Å². The second-order valence-corrected chi connectivity index (χ2v) is 3.82. The van der Waals surface area contributed by atoms with Crippen molar-refractivity contribution in [2.75, 3.05) is 11.9 Å². The molecule has 0 radical (unpaired) electrons. The van der Waals surface area contributed by atoms with Crippen LogP contribution in [0.1, 0.15) is 13.3 Å². The van der Waals surface area contributed by atoms with Crippen LogP contribution in [0, 0.1) is 0 Å². The van der Waals surface area contributed by atoms with E-state index in [2.05, 4.69) is 5.32 Å². The Labute approximate surface area is 91.5 Å². The molecule has 0 fully saturated rings. The molecule has 0 saturated carbocycles. The molecule has 1 rings (SSSR count). The van der Waals surface area contributed by atoms with E-state index in [1.165, 1.54) is 0 Å². The fourth-order valence-electron chi connectivity index (χ4n) is 1.30. The fourth-order valence-corrected chi connectivity index (χ4v) is 1.30. The third-order valence-corrected chi connectivity index (χ3v) is 1.89. The zero-order valence-corrected chi connectivity index (χ0v) is 8.81. The van der Waals surface area contributed by atoms with E-state index >= 15 is 0 Å². The number of hydrogen-bond acceptors (Lipinski definition) is 1. The predicted molar refractivity (Wildman–Crippen MR) is 55.1 cm³/mol. The molecule has 0 amide bonds. The molecule has 1 N–H and O–H groups in total. The summed E-state index contributed by atoms with van der Waals surface area (Å²) >= 11 is 0. The molecule has 0 heterocycles. The highest BCUT2D eigenvalue weighted by Gasteiger charge is 2.39. The molecule has 1 nitrogen and oxygen atoms in total. The van der Waals surface area contributed by atoms with Crippen LogP contribution in [0.5, 0.6) is 0 Å². The van der Waals surface area contributed by atoms with Crippen molar-refractivity contribution in [1.29, 1.82) is 0 Å². The summed E-state index contributed by atoms with van der Waals surface area (Å²) in [7, 11) is 0.